The number of hydrazine groups is 1. The van der Waals surface area contributed by atoms with E-state index in [4.69, 9.17) is 4.74 Å². The van der Waals surface area contributed by atoms with Crippen molar-refractivity contribution in [3.8, 4) is 5.75 Å². The average Bonchev–Trinajstić information content (AvgIpc) is 3.38. The van der Waals surface area contributed by atoms with E-state index in [9.17, 15) is 18.0 Å². The molecule has 0 atom stereocenters. The van der Waals surface area contributed by atoms with Crippen LogP contribution in [0.15, 0.2) is 64.9 Å². The number of piperidine rings is 1. The van der Waals surface area contributed by atoms with Crippen molar-refractivity contribution >= 4 is 33.2 Å². The highest BCUT2D eigenvalue weighted by Crippen LogP contribution is 2.31. The number of ether oxygens (including phenoxy) is 1. The minimum absolute atomic E-state index is 0.0190. The first-order valence-corrected chi connectivity index (χ1v) is 14.0. The van der Waals surface area contributed by atoms with Crippen LogP contribution in [-0.4, -0.2) is 49.3 Å². The van der Waals surface area contributed by atoms with Crippen LogP contribution in [0.4, 0.5) is 0 Å². The highest BCUT2D eigenvalue weighted by Gasteiger charge is 2.27. The van der Waals surface area contributed by atoms with Gasteiger partial charge in [-0.1, -0.05) is 18.2 Å². The molecule has 1 fully saturated rings. The van der Waals surface area contributed by atoms with Crippen molar-refractivity contribution < 1.29 is 22.7 Å². The van der Waals surface area contributed by atoms with E-state index in [0.717, 1.165) is 23.6 Å². The number of rotatable bonds is 8. The number of sulfonamides is 1. The molecule has 0 aliphatic carbocycles. The third-order valence-corrected chi connectivity index (χ3v) is 7.98. The molecular weight excluding hydrogens is 500 g/mol. The predicted molar refractivity (Wildman–Crippen MR) is 136 cm³/mol. The molecule has 2 aromatic carbocycles. The maximum absolute atomic E-state index is 12.9. The Morgan fingerprint density at radius 3 is 2.36 bits per heavy atom. The highest BCUT2D eigenvalue weighted by molar-refractivity contribution is 7.89. The molecule has 2 heterocycles. The molecule has 1 saturated heterocycles. The second kappa shape index (κ2) is 11.2. The molecule has 4 rings (SSSR count). The van der Waals surface area contributed by atoms with E-state index < -0.39 is 15.9 Å². The lowest BCUT2D eigenvalue weighted by molar-refractivity contribution is 0.0713. The Bertz CT molecular complexity index is 1300. The highest BCUT2D eigenvalue weighted by atomic mass is 32.2. The van der Waals surface area contributed by atoms with Crippen LogP contribution in [0.25, 0.3) is 0 Å². The number of hydrogen-bond donors (Lipinski definition) is 2. The Kier molecular flexibility index (Phi) is 8.02. The van der Waals surface area contributed by atoms with Crippen LogP contribution in [0.1, 0.15) is 58.5 Å². The third-order valence-electron chi connectivity index (χ3n) is 5.71. The minimum atomic E-state index is -3.87. The zero-order valence-electron chi connectivity index (χ0n) is 20.0. The summed E-state index contributed by atoms with van der Waals surface area (Å²) in [6.07, 6.45) is 1.53. The average molecular weight is 529 g/mol. The van der Waals surface area contributed by atoms with Gasteiger partial charge in [-0.15, -0.1) is 16.2 Å². The van der Waals surface area contributed by atoms with Crippen molar-refractivity contribution in [1.29, 1.82) is 0 Å². The summed E-state index contributed by atoms with van der Waals surface area (Å²) in [5, 5.41) is 2.41. The fourth-order valence-electron chi connectivity index (χ4n) is 3.88. The van der Waals surface area contributed by atoms with E-state index in [1.165, 1.54) is 23.5 Å². The summed E-state index contributed by atoms with van der Waals surface area (Å²) >= 11 is 1.36. The first kappa shape index (κ1) is 25.8. The summed E-state index contributed by atoms with van der Waals surface area (Å²) in [6, 6.07) is 14.9. The molecule has 1 aliphatic heterocycles. The Morgan fingerprint density at radius 1 is 1.06 bits per heavy atom. The number of nitrogens with zero attached hydrogens (tertiary/aromatic N) is 2. The van der Waals surface area contributed by atoms with Gasteiger partial charge in [0.25, 0.3) is 21.8 Å². The van der Waals surface area contributed by atoms with Crippen molar-refractivity contribution in [3.63, 3.8) is 0 Å². The fourth-order valence-corrected chi connectivity index (χ4v) is 5.71. The quantitative estimate of drug-likeness (QED) is 0.432. The van der Waals surface area contributed by atoms with Crippen LogP contribution < -0.4 is 15.0 Å². The van der Waals surface area contributed by atoms with E-state index in [1.807, 2.05) is 30.9 Å². The molecule has 190 valence electrons. The maximum Gasteiger partial charge on any atom is 0.285 e. The maximum atomic E-state index is 12.9. The number of carbonyl (C=O) groups excluding carboxylic acids is 2. The van der Waals surface area contributed by atoms with Crippen LogP contribution in [0.2, 0.25) is 0 Å². The van der Waals surface area contributed by atoms with Crippen molar-refractivity contribution in [3.05, 3.63) is 76.2 Å². The van der Waals surface area contributed by atoms with Gasteiger partial charge < -0.3 is 9.64 Å². The number of carbonyl (C=O) groups is 2. The largest absolute Gasteiger partial charge is 0.491 e. The van der Waals surface area contributed by atoms with Gasteiger partial charge in [-0.05, 0) is 63.1 Å². The number of amides is 2. The van der Waals surface area contributed by atoms with Crippen LogP contribution in [0, 0.1) is 0 Å². The Balaban J connectivity index is 1.29. The second-order valence-electron chi connectivity index (χ2n) is 8.70. The van der Waals surface area contributed by atoms with Crippen molar-refractivity contribution in [2.45, 2.75) is 43.6 Å². The molecule has 1 aliphatic rings. The lowest BCUT2D eigenvalue weighted by Gasteiger charge is -2.31. The number of benzene rings is 2. The Hall–Kier alpha value is -3.28. The molecule has 0 unspecified atom stereocenters. The summed E-state index contributed by atoms with van der Waals surface area (Å²) in [5.41, 5.74) is 2.98. The predicted octanol–water partition coefficient (Wildman–Crippen LogP) is 3.57. The van der Waals surface area contributed by atoms with E-state index in [1.54, 1.807) is 35.7 Å². The van der Waals surface area contributed by atoms with Gasteiger partial charge in [-0.25, -0.2) is 13.4 Å². The molecule has 1 aromatic heterocycles. The third kappa shape index (κ3) is 6.28. The first-order chi connectivity index (χ1) is 17.2. The molecule has 0 bridgehead atoms. The van der Waals surface area contributed by atoms with Gasteiger partial charge in [0.15, 0.2) is 0 Å². The Morgan fingerprint density at radius 2 is 1.72 bits per heavy atom. The number of thiazole rings is 1. The summed E-state index contributed by atoms with van der Waals surface area (Å²) in [6.45, 7) is 5.08. The molecule has 2 amide bonds. The van der Waals surface area contributed by atoms with Gasteiger partial charge in [0.05, 0.1) is 16.0 Å². The van der Waals surface area contributed by atoms with Gasteiger partial charge in [0.1, 0.15) is 11.4 Å². The number of likely N-dealkylation sites (tertiary alicyclic amines) is 1. The standard InChI is InChI=1S/C25H28N4O5S2/c1-17(2)34-20-10-8-19(9-11-20)25(31)29-14-12-18(13-15-29)24-26-22(16-35-24)23(30)27-28-36(32,33)21-6-4-3-5-7-21/h3-11,16-18,28H,12-15H2,1-2H3,(H,27,30). The topological polar surface area (TPSA) is 118 Å². The van der Waals surface area contributed by atoms with Gasteiger partial charge in [-0.3, -0.25) is 15.0 Å². The number of hydrogen-bond acceptors (Lipinski definition) is 7. The summed E-state index contributed by atoms with van der Waals surface area (Å²) in [4.78, 5) is 33.7. The molecular formula is C25H28N4O5S2. The first-order valence-electron chi connectivity index (χ1n) is 11.6. The zero-order valence-corrected chi connectivity index (χ0v) is 21.6. The fraction of sp³-hybridized carbons (Fsp3) is 0.320. The van der Waals surface area contributed by atoms with Gasteiger partial charge in [0, 0.05) is 30.0 Å². The molecule has 0 radical (unpaired) electrons. The lowest BCUT2D eigenvalue weighted by Crippen LogP contribution is -2.41. The van der Waals surface area contributed by atoms with E-state index in [0.29, 0.717) is 18.7 Å². The Labute approximate surface area is 214 Å². The number of nitrogens with one attached hydrogen (secondary N) is 2. The monoisotopic (exact) mass is 528 g/mol. The summed E-state index contributed by atoms with van der Waals surface area (Å²) in [7, 11) is -3.87. The minimum Gasteiger partial charge on any atom is -0.491 e. The molecule has 2 N–H and O–H groups in total. The molecule has 36 heavy (non-hydrogen) atoms. The van der Waals surface area contributed by atoms with E-state index in [-0.39, 0.29) is 28.5 Å². The smallest absolute Gasteiger partial charge is 0.285 e. The van der Waals surface area contributed by atoms with Gasteiger partial charge >= 0.3 is 0 Å². The normalized spacial score (nSPS) is 14.6. The zero-order chi connectivity index (χ0) is 25.7. The summed E-state index contributed by atoms with van der Waals surface area (Å²) < 4.78 is 30.2. The van der Waals surface area contributed by atoms with Crippen LogP contribution in [0.5, 0.6) is 5.75 Å². The van der Waals surface area contributed by atoms with Crippen molar-refractivity contribution in [2.75, 3.05) is 13.1 Å². The van der Waals surface area contributed by atoms with Crippen LogP contribution in [-0.2, 0) is 10.0 Å². The lowest BCUT2D eigenvalue weighted by atomic mass is 9.97. The molecule has 9 nitrogen and oxygen atoms in total. The molecule has 3 aromatic rings. The molecule has 0 saturated carbocycles. The second-order valence-corrected chi connectivity index (χ2v) is 11.3. The molecule has 0 spiro atoms. The van der Waals surface area contributed by atoms with E-state index >= 15 is 0 Å². The van der Waals surface area contributed by atoms with Gasteiger partial charge in [-0.2, -0.15) is 0 Å². The number of aromatic nitrogens is 1. The van der Waals surface area contributed by atoms with Crippen molar-refractivity contribution in [1.82, 2.24) is 20.1 Å². The van der Waals surface area contributed by atoms with E-state index in [2.05, 4.69) is 15.2 Å². The summed E-state index contributed by atoms with van der Waals surface area (Å²) in [5.74, 6) is 0.212. The van der Waals surface area contributed by atoms with Gasteiger partial charge in [0.2, 0.25) is 0 Å². The van der Waals surface area contributed by atoms with Crippen molar-refractivity contribution in [2.24, 2.45) is 0 Å². The molecule has 11 heteroatoms. The van der Waals surface area contributed by atoms with Crippen LogP contribution in [0.3, 0.4) is 0 Å². The van der Waals surface area contributed by atoms with Crippen LogP contribution >= 0.6 is 11.3 Å². The SMILES string of the molecule is CC(C)Oc1ccc(C(=O)N2CCC(c3nc(C(=O)NNS(=O)(=O)c4ccccc4)cs3)CC2)cc1.